The van der Waals surface area contributed by atoms with Crippen molar-refractivity contribution in [3.8, 4) is 0 Å². The SMILES string of the molecule is CCCCCC(C)(CC(=O)O)C(C)N. The Labute approximate surface area is 86.7 Å². The average Bonchev–Trinajstić information content (AvgIpc) is 2.03. The van der Waals surface area contributed by atoms with E-state index in [9.17, 15) is 4.79 Å². The number of aliphatic carboxylic acids is 1. The lowest BCUT2D eigenvalue weighted by Gasteiger charge is -2.32. The second-order valence-electron chi connectivity index (χ2n) is 4.47. The van der Waals surface area contributed by atoms with E-state index in [0.29, 0.717) is 0 Å². The van der Waals surface area contributed by atoms with Gasteiger partial charge in [-0.3, -0.25) is 4.79 Å². The summed E-state index contributed by atoms with van der Waals surface area (Å²) in [7, 11) is 0. The van der Waals surface area contributed by atoms with Crippen molar-refractivity contribution < 1.29 is 9.90 Å². The van der Waals surface area contributed by atoms with E-state index in [0.717, 1.165) is 25.7 Å². The maximum atomic E-state index is 10.7. The zero-order chi connectivity index (χ0) is 11.2. The third kappa shape index (κ3) is 4.61. The van der Waals surface area contributed by atoms with Crippen molar-refractivity contribution in [2.24, 2.45) is 11.1 Å². The molecule has 2 atom stereocenters. The van der Waals surface area contributed by atoms with Gasteiger partial charge in [-0.15, -0.1) is 0 Å². The standard InChI is InChI=1S/C11H23NO2/c1-4-5-6-7-11(3,9(2)12)8-10(13)14/h9H,4-8,12H2,1-3H3,(H,13,14). The van der Waals surface area contributed by atoms with Crippen LogP contribution in [0.2, 0.25) is 0 Å². The average molecular weight is 201 g/mol. The molecule has 3 N–H and O–H groups in total. The molecule has 0 bridgehead atoms. The van der Waals surface area contributed by atoms with Crippen LogP contribution in [0.1, 0.15) is 52.9 Å². The van der Waals surface area contributed by atoms with E-state index >= 15 is 0 Å². The molecule has 0 fully saturated rings. The molecule has 0 aromatic rings. The number of carboxylic acids is 1. The van der Waals surface area contributed by atoms with Gasteiger partial charge in [0.05, 0.1) is 6.42 Å². The molecule has 0 saturated carbocycles. The molecule has 0 aliphatic carbocycles. The van der Waals surface area contributed by atoms with Crippen LogP contribution in [0, 0.1) is 5.41 Å². The minimum atomic E-state index is -0.749. The minimum absolute atomic E-state index is 0.0598. The first-order chi connectivity index (χ1) is 6.42. The van der Waals surface area contributed by atoms with Crippen LogP contribution < -0.4 is 5.73 Å². The van der Waals surface area contributed by atoms with Gasteiger partial charge in [-0.1, -0.05) is 33.1 Å². The summed E-state index contributed by atoms with van der Waals surface area (Å²) < 4.78 is 0. The van der Waals surface area contributed by atoms with Crippen molar-refractivity contribution in [2.45, 2.75) is 58.9 Å². The van der Waals surface area contributed by atoms with Crippen LogP contribution in [0.15, 0.2) is 0 Å². The van der Waals surface area contributed by atoms with Gasteiger partial charge in [0.25, 0.3) is 0 Å². The van der Waals surface area contributed by atoms with Crippen LogP contribution >= 0.6 is 0 Å². The summed E-state index contributed by atoms with van der Waals surface area (Å²) in [5, 5.41) is 8.80. The fourth-order valence-electron chi connectivity index (χ4n) is 1.60. The Morgan fingerprint density at radius 3 is 2.43 bits per heavy atom. The predicted molar refractivity (Wildman–Crippen MR) is 58.2 cm³/mol. The van der Waals surface area contributed by atoms with Crippen LogP contribution in [0.5, 0.6) is 0 Å². The second-order valence-corrected chi connectivity index (χ2v) is 4.47. The number of unbranched alkanes of at least 4 members (excludes halogenated alkanes) is 2. The smallest absolute Gasteiger partial charge is 0.303 e. The van der Waals surface area contributed by atoms with Crippen molar-refractivity contribution >= 4 is 5.97 Å². The third-order valence-corrected chi connectivity index (χ3v) is 3.01. The highest BCUT2D eigenvalue weighted by Crippen LogP contribution is 2.31. The summed E-state index contributed by atoms with van der Waals surface area (Å²) in [6.45, 7) is 6.01. The first-order valence-corrected chi connectivity index (χ1v) is 5.39. The summed E-state index contributed by atoms with van der Waals surface area (Å²) in [4.78, 5) is 10.7. The van der Waals surface area contributed by atoms with Gasteiger partial charge in [-0.25, -0.2) is 0 Å². The molecule has 0 radical (unpaired) electrons. The maximum absolute atomic E-state index is 10.7. The molecule has 0 heterocycles. The highest BCUT2D eigenvalue weighted by Gasteiger charge is 2.30. The summed E-state index contributed by atoms with van der Waals surface area (Å²) in [6, 6.07) is -0.0598. The molecule has 0 aliphatic heterocycles. The van der Waals surface area contributed by atoms with E-state index in [1.165, 1.54) is 0 Å². The maximum Gasteiger partial charge on any atom is 0.303 e. The molecule has 84 valence electrons. The van der Waals surface area contributed by atoms with E-state index in [1.807, 2.05) is 13.8 Å². The Bertz CT molecular complexity index is 180. The van der Waals surface area contributed by atoms with Gasteiger partial charge in [0, 0.05) is 6.04 Å². The molecular formula is C11H23NO2. The minimum Gasteiger partial charge on any atom is -0.481 e. The van der Waals surface area contributed by atoms with Crippen molar-refractivity contribution in [3.63, 3.8) is 0 Å². The number of hydrogen-bond acceptors (Lipinski definition) is 2. The van der Waals surface area contributed by atoms with Gasteiger partial charge in [0.2, 0.25) is 0 Å². The summed E-state index contributed by atoms with van der Waals surface area (Å²) in [5.74, 6) is -0.749. The highest BCUT2D eigenvalue weighted by molar-refractivity contribution is 5.67. The fraction of sp³-hybridized carbons (Fsp3) is 0.909. The molecule has 0 spiro atoms. The molecule has 2 unspecified atom stereocenters. The molecule has 0 aliphatic rings. The number of carbonyl (C=O) groups is 1. The largest absolute Gasteiger partial charge is 0.481 e. The molecule has 0 saturated heterocycles. The van der Waals surface area contributed by atoms with E-state index in [2.05, 4.69) is 6.92 Å². The van der Waals surface area contributed by atoms with Crippen LogP contribution in [0.4, 0.5) is 0 Å². The van der Waals surface area contributed by atoms with Crippen LogP contribution in [0.25, 0.3) is 0 Å². The first-order valence-electron chi connectivity index (χ1n) is 5.39. The molecule has 0 aromatic heterocycles. The predicted octanol–water partition coefficient (Wildman–Crippen LogP) is 2.39. The third-order valence-electron chi connectivity index (χ3n) is 3.01. The topological polar surface area (TPSA) is 63.3 Å². The zero-order valence-corrected chi connectivity index (χ0v) is 9.55. The van der Waals surface area contributed by atoms with Gasteiger partial charge in [0.15, 0.2) is 0 Å². The van der Waals surface area contributed by atoms with Crippen LogP contribution in [0.3, 0.4) is 0 Å². The molecule has 14 heavy (non-hydrogen) atoms. The Morgan fingerprint density at radius 1 is 1.50 bits per heavy atom. The number of nitrogens with two attached hydrogens (primary N) is 1. The van der Waals surface area contributed by atoms with E-state index in [4.69, 9.17) is 10.8 Å². The van der Waals surface area contributed by atoms with Crippen molar-refractivity contribution in [1.29, 1.82) is 0 Å². The highest BCUT2D eigenvalue weighted by atomic mass is 16.4. The molecule has 0 amide bonds. The van der Waals surface area contributed by atoms with E-state index < -0.39 is 5.97 Å². The van der Waals surface area contributed by atoms with Crippen molar-refractivity contribution in [2.75, 3.05) is 0 Å². The van der Waals surface area contributed by atoms with Gasteiger partial charge >= 0.3 is 5.97 Å². The molecule has 3 nitrogen and oxygen atoms in total. The summed E-state index contributed by atoms with van der Waals surface area (Å²) in [5.41, 5.74) is 5.59. The van der Waals surface area contributed by atoms with Gasteiger partial charge in [-0.2, -0.15) is 0 Å². The summed E-state index contributed by atoms with van der Waals surface area (Å²) >= 11 is 0. The lowest BCUT2D eigenvalue weighted by Crippen LogP contribution is -2.38. The number of carboxylic acid groups (broad SMARTS) is 1. The Hall–Kier alpha value is -0.570. The number of hydrogen-bond donors (Lipinski definition) is 2. The summed E-state index contributed by atoms with van der Waals surface area (Å²) in [6.07, 6.45) is 4.46. The van der Waals surface area contributed by atoms with Gasteiger partial charge in [-0.05, 0) is 18.8 Å². The number of rotatable bonds is 7. The molecule has 0 rings (SSSR count). The van der Waals surface area contributed by atoms with E-state index in [1.54, 1.807) is 0 Å². The Kier molecular flexibility index (Phi) is 5.77. The van der Waals surface area contributed by atoms with Crippen LogP contribution in [-0.4, -0.2) is 17.1 Å². The van der Waals surface area contributed by atoms with Gasteiger partial charge in [0.1, 0.15) is 0 Å². The lowest BCUT2D eigenvalue weighted by molar-refractivity contribution is -0.140. The van der Waals surface area contributed by atoms with Crippen molar-refractivity contribution in [1.82, 2.24) is 0 Å². The quantitative estimate of drug-likeness (QED) is 0.622. The molecular weight excluding hydrogens is 178 g/mol. The molecule has 0 aromatic carbocycles. The van der Waals surface area contributed by atoms with Crippen molar-refractivity contribution in [3.05, 3.63) is 0 Å². The normalized spacial score (nSPS) is 17.4. The Morgan fingerprint density at radius 2 is 2.07 bits per heavy atom. The Balaban J connectivity index is 4.17. The van der Waals surface area contributed by atoms with Crippen LogP contribution in [-0.2, 0) is 4.79 Å². The second kappa shape index (κ2) is 6.02. The van der Waals surface area contributed by atoms with E-state index in [-0.39, 0.29) is 17.9 Å². The fourth-order valence-corrected chi connectivity index (χ4v) is 1.60. The molecule has 3 heteroatoms. The lowest BCUT2D eigenvalue weighted by atomic mass is 9.76. The monoisotopic (exact) mass is 201 g/mol. The van der Waals surface area contributed by atoms with Gasteiger partial charge < -0.3 is 10.8 Å². The zero-order valence-electron chi connectivity index (χ0n) is 9.55. The first kappa shape index (κ1) is 13.4.